The number of aromatic nitrogens is 1. The Labute approximate surface area is 123 Å². The Morgan fingerprint density at radius 1 is 1.30 bits per heavy atom. The first-order chi connectivity index (χ1) is 9.70. The minimum absolute atomic E-state index is 0.282. The second-order valence-electron chi connectivity index (χ2n) is 5.04. The molecule has 0 bridgehead atoms. The largest absolute Gasteiger partial charge is 0.454 e. The maximum absolute atomic E-state index is 5.92. The number of alkyl halides is 1. The number of rotatable bonds is 4. The summed E-state index contributed by atoms with van der Waals surface area (Å²) in [5, 5.41) is 2.16. The van der Waals surface area contributed by atoms with Gasteiger partial charge in [0.05, 0.1) is 0 Å². The normalized spacial score (nSPS) is 13.2. The van der Waals surface area contributed by atoms with Crippen LogP contribution in [-0.2, 0) is 0 Å². The molecule has 1 aromatic heterocycles. The van der Waals surface area contributed by atoms with Crippen molar-refractivity contribution in [1.82, 2.24) is 4.98 Å². The highest BCUT2D eigenvalue weighted by molar-refractivity contribution is 6.18. The topological polar surface area (TPSA) is 34.6 Å². The van der Waals surface area contributed by atoms with Crippen molar-refractivity contribution >= 4 is 28.2 Å². The van der Waals surface area contributed by atoms with Gasteiger partial charge in [-0.3, -0.25) is 0 Å². The number of halogens is 1. The summed E-state index contributed by atoms with van der Waals surface area (Å²) < 4.78 is 10.9. The van der Waals surface area contributed by atoms with E-state index < -0.39 is 0 Å². The van der Waals surface area contributed by atoms with Gasteiger partial charge in [-0.05, 0) is 37.4 Å². The van der Waals surface area contributed by atoms with E-state index in [1.165, 1.54) is 0 Å². The van der Waals surface area contributed by atoms with Gasteiger partial charge in [-0.25, -0.2) is 4.98 Å². The van der Waals surface area contributed by atoms with Gasteiger partial charge in [0.15, 0.2) is 11.5 Å². The summed E-state index contributed by atoms with van der Waals surface area (Å²) in [4.78, 5) is 6.75. The molecular formula is C15H17ClN2O2. The van der Waals surface area contributed by atoms with E-state index >= 15 is 0 Å². The van der Waals surface area contributed by atoms with Crippen LogP contribution in [0.3, 0.4) is 0 Å². The highest BCUT2D eigenvalue weighted by atomic mass is 35.5. The second kappa shape index (κ2) is 5.37. The third-order valence-corrected chi connectivity index (χ3v) is 3.63. The lowest BCUT2D eigenvalue weighted by molar-refractivity contribution is 0.174. The van der Waals surface area contributed by atoms with E-state index in [1.54, 1.807) is 0 Å². The Balaban J connectivity index is 2.15. The van der Waals surface area contributed by atoms with Gasteiger partial charge in [0, 0.05) is 30.0 Å². The van der Waals surface area contributed by atoms with Crippen LogP contribution < -0.4 is 14.4 Å². The molecule has 106 valence electrons. The molecule has 0 radical (unpaired) electrons. The number of pyridine rings is 1. The quantitative estimate of drug-likeness (QED) is 0.809. The Hall–Kier alpha value is -1.68. The van der Waals surface area contributed by atoms with Gasteiger partial charge >= 0.3 is 0 Å². The van der Waals surface area contributed by atoms with Crippen molar-refractivity contribution in [3.8, 4) is 11.5 Å². The van der Waals surface area contributed by atoms with Gasteiger partial charge in [-0.2, -0.15) is 0 Å². The van der Waals surface area contributed by atoms with Gasteiger partial charge in [0.1, 0.15) is 5.82 Å². The van der Waals surface area contributed by atoms with E-state index in [1.807, 2.05) is 24.4 Å². The first kappa shape index (κ1) is 13.3. The molecule has 2 heterocycles. The molecule has 2 aromatic rings. The van der Waals surface area contributed by atoms with Gasteiger partial charge in [0.25, 0.3) is 0 Å². The molecule has 20 heavy (non-hydrogen) atoms. The first-order valence-corrected chi connectivity index (χ1v) is 7.25. The van der Waals surface area contributed by atoms with Crippen LogP contribution in [0.1, 0.15) is 13.8 Å². The highest BCUT2D eigenvalue weighted by Gasteiger charge is 2.19. The second-order valence-corrected chi connectivity index (χ2v) is 5.42. The summed E-state index contributed by atoms with van der Waals surface area (Å²) in [6.07, 6.45) is 1.82. The molecule has 0 unspecified atom stereocenters. The molecular weight excluding hydrogens is 276 g/mol. The summed E-state index contributed by atoms with van der Waals surface area (Å²) in [6.45, 7) is 5.32. The van der Waals surface area contributed by atoms with Crippen LogP contribution in [0.4, 0.5) is 5.82 Å². The summed E-state index contributed by atoms with van der Waals surface area (Å²) >= 11 is 5.92. The number of hydrogen-bond acceptors (Lipinski definition) is 4. The number of benzene rings is 1. The molecule has 1 aromatic carbocycles. The summed E-state index contributed by atoms with van der Waals surface area (Å²) in [6, 6.07) is 6.32. The lowest BCUT2D eigenvalue weighted by atomic mass is 10.1. The highest BCUT2D eigenvalue weighted by Crippen LogP contribution is 2.38. The lowest BCUT2D eigenvalue weighted by Gasteiger charge is -2.28. The molecule has 0 saturated carbocycles. The van der Waals surface area contributed by atoms with Crippen LogP contribution in [-0.4, -0.2) is 30.2 Å². The van der Waals surface area contributed by atoms with Crippen molar-refractivity contribution in [3.63, 3.8) is 0 Å². The van der Waals surface area contributed by atoms with Crippen molar-refractivity contribution in [2.75, 3.05) is 24.1 Å². The van der Waals surface area contributed by atoms with Crippen LogP contribution in [0.25, 0.3) is 10.8 Å². The average Bonchev–Trinajstić information content (AvgIpc) is 2.88. The van der Waals surface area contributed by atoms with Crippen LogP contribution in [0.2, 0.25) is 0 Å². The van der Waals surface area contributed by atoms with Gasteiger partial charge in [0.2, 0.25) is 6.79 Å². The molecule has 5 heteroatoms. The van der Waals surface area contributed by atoms with E-state index in [2.05, 4.69) is 23.7 Å². The molecule has 0 saturated heterocycles. The Morgan fingerprint density at radius 3 is 2.75 bits per heavy atom. The molecule has 4 nitrogen and oxygen atoms in total. The zero-order valence-corrected chi connectivity index (χ0v) is 12.4. The molecule has 0 aliphatic carbocycles. The standard InChI is InChI=1S/C15H17ClN2O2/c1-10(2)18(6-4-16)15-12-8-14-13(19-9-20-14)7-11(12)3-5-17-15/h3,5,7-8,10H,4,6,9H2,1-2H3. The minimum Gasteiger partial charge on any atom is -0.454 e. The van der Waals surface area contributed by atoms with Crippen LogP contribution >= 0.6 is 11.6 Å². The smallest absolute Gasteiger partial charge is 0.231 e. The third-order valence-electron chi connectivity index (χ3n) is 3.46. The zero-order chi connectivity index (χ0) is 14.1. The molecule has 1 aliphatic heterocycles. The lowest BCUT2D eigenvalue weighted by Crippen LogP contribution is -2.33. The van der Waals surface area contributed by atoms with Crippen molar-refractivity contribution in [3.05, 3.63) is 24.4 Å². The fraction of sp³-hybridized carbons (Fsp3) is 0.400. The maximum Gasteiger partial charge on any atom is 0.231 e. The SMILES string of the molecule is CC(C)N(CCCl)c1nccc2cc3c(cc12)OCO3. The first-order valence-electron chi connectivity index (χ1n) is 6.71. The van der Waals surface area contributed by atoms with Gasteiger partial charge < -0.3 is 14.4 Å². The van der Waals surface area contributed by atoms with E-state index in [9.17, 15) is 0 Å². The average molecular weight is 293 g/mol. The van der Waals surface area contributed by atoms with E-state index in [0.717, 1.165) is 34.6 Å². The summed E-state index contributed by atoms with van der Waals surface area (Å²) in [7, 11) is 0. The van der Waals surface area contributed by atoms with E-state index in [0.29, 0.717) is 11.9 Å². The molecule has 0 fully saturated rings. The number of anilines is 1. The number of ether oxygens (including phenoxy) is 2. The van der Waals surface area contributed by atoms with Crippen molar-refractivity contribution in [2.45, 2.75) is 19.9 Å². The van der Waals surface area contributed by atoms with Crippen molar-refractivity contribution in [2.24, 2.45) is 0 Å². The molecule has 0 atom stereocenters. The summed E-state index contributed by atoms with van der Waals surface area (Å²) in [5.41, 5.74) is 0. The van der Waals surface area contributed by atoms with Crippen LogP contribution in [0.15, 0.2) is 24.4 Å². The Bertz CT molecular complexity index is 631. The monoisotopic (exact) mass is 292 g/mol. The van der Waals surface area contributed by atoms with E-state index in [4.69, 9.17) is 21.1 Å². The fourth-order valence-electron chi connectivity index (χ4n) is 2.48. The van der Waals surface area contributed by atoms with Crippen molar-refractivity contribution in [1.29, 1.82) is 0 Å². The molecule has 1 aliphatic rings. The fourth-order valence-corrected chi connectivity index (χ4v) is 2.66. The third kappa shape index (κ3) is 2.24. The van der Waals surface area contributed by atoms with E-state index in [-0.39, 0.29) is 6.79 Å². The molecule has 0 spiro atoms. The van der Waals surface area contributed by atoms with Gasteiger partial charge in [-0.1, -0.05) is 0 Å². The van der Waals surface area contributed by atoms with Crippen LogP contribution in [0.5, 0.6) is 11.5 Å². The predicted molar refractivity (Wildman–Crippen MR) is 81.1 cm³/mol. The number of hydrogen-bond donors (Lipinski definition) is 0. The van der Waals surface area contributed by atoms with Crippen molar-refractivity contribution < 1.29 is 9.47 Å². The number of fused-ring (bicyclic) bond motifs is 2. The predicted octanol–water partition coefficient (Wildman–Crippen LogP) is 3.42. The van der Waals surface area contributed by atoms with Gasteiger partial charge in [-0.15, -0.1) is 11.6 Å². The molecule has 3 rings (SSSR count). The minimum atomic E-state index is 0.282. The Kier molecular flexibility index (Phi) is 3.57. The number of nitrogens with zero attached hydrogens (tertiary/aromatic N) is 2. The Morgan fingerprint density at radius 2 is 2.05 bits per heavy atom. The molecule has 0 N–H and O–H groups in total. The summed E-state index contributed by atoms with van der Waals surface area (Å²) in [5.74, 6) is 3.08. The van der Waals surface area contributed by atoms with Crippen LogP contribution in [0, 0.1) is 0 Å². The zero-order valence-electron chi connectivity index (χ0n) is 11.6. The molecule has 0 amide bonds. The maximum atomic E-state index is 5.92.